The number of rotatable bonds is 7. The third-order valence-corrected chi connectivity index (χ3v) is 6.27. The van der Waals surface area contributed by atoms with Crippen molar-refractivity contribution in [1.82, 2.24) is 19.1 Å². The van der Waals surface area contributed by atoms with Crippen molar-refractivity contribution in [2.75, 3.05) is 25.2 Å². The molecule has 0 aliphatic heterocycles. The molecule has 0 fully saturated rings. The Morgan fingerprint density at radius 3 is 2.52 bits per heavy atom. The summed E-state index contributed by atoms with van der Waals surface area (Å²) in [5.74, 6) is 0. The van der Waals surface area contributed by atoms with Crippen LogP contribution < -0.4 is 4.90 Å². The summed E-state index contributed by atoms with van der Waals surface area (Å²) in [6.45, 7) is 2.27. The fraction of sp³-hybridized carbons (Fsp3) is 0.222. The van der Waals surface area contributed by atoms with E-state index in [4.69, 9.17) is 11.6 Å². The van der Waals surface area contributed by atoms with Crippen LogP contribution in [0.25, 0.3) is 5.69 Å². The number of hydrogen-bond acceptors (Lipinski definition) is 5. The van der Waals surface area contributed by atoms with Gasteiger partial charge >= 0.3 is 0 Å². The fourth-order valence-corrected chi connectivity index (χ4v) is 4.36. The zero-order valence-electron chi connectivity index (χ0n) is 15.0. The van der Waals surface area contributed by atoms with E-state index in [-0.39, 0.29) is 16.7 Å². The molecule has 2 heterocycles. The number of aromatic nitrogens is 3. The minimum atomic E-state index is -3.60. The maximum absolute atomic E-state index is 12.9. The number of hydrogen-bond donors (Lipinski definition) is 0. The molecule has 0 N–H and O–H groups in total. The number of pyridine rings is 1. The highest BCUT2D eigenvalue weighted by atomic mass is 35.5. The summed E-state index contributed by atoms with van der Waals surface area (Å²) in [6, 6.07) is 12.0. The van der Waals surface area contributed by atoms with Gasteiger partial charge in [-0.15, -0.1) is 0 Å². The first-order valence-corrected chi connectivity index (χ1v) is 10.2. The molecule has 0 atom stereocenters. The van der Waals surface area contributed by atoms with Crippen LogP contribution in [-0.2, 0) is 10.0 Å². The smallest absolute Gasteiger partial charge is 0.244 e. The lowest BCUT2D eigenvalue weighted by Crippen LogP contribution is -2.39. The van der Waals surface area contributed by atoms with E-state index >= 15 is 0 Å². The number of sulfonamides is 1. The third-order valence-electron chi connectivity index (χ3n) is 4.08. The Morgan fingerprint density at radius 2 is 1.89 bits per heavy atom. The molecule has 2 aromatic heterocycles. The van der Waals surface area contributed by atoms with Gasteiger partial charge in [0.1, 0.15) is 0 Å². The summed E-state index contributed by atoms with van der Waals surface area (Å²) in [6.07, 6.45) is 5.10. The second kappa shape index (κ2) is 8.08. The topological polar surface area (TPSA) is 71.3 Å². The van der Waals surface area contributed by atoms with E-state index < -0.39 is 10.0 Å². The van der Waals surface area contributed by atoms with Gasteiger partial charge in [0.2, 0.25) is 10.0 Å². The lowest BCUT2D eigenvalue weighted by molar-refractivity contribution is 0.429. The van der Waals surface area contributed by atoms with Crippen LogP contribution in [0, 0.1) is 0 Å². The van der Waals surface area contributed by atoms with Crippen molar-refractivity contribution < 1.29 is 8.42 Å². The van der Waals surface area contributed by atoms with Crippen molar-refractivity contribution in [2.45, 2.75) is 11.8 Å². The number of anilines is 1. The Morgan fingerprint density at radius 1 is 1.15 bits per heavy atom. The maximum Gasteiger partial charge on any atom is 0.244 e. The molecule has 0 bridgehead atoms. The number of nitrogens with zero attached hydrogens (tertiary/aromatic N) is 5. The molecule has 0 unspecified atom stereocenters. The highest BCUT2D eigenvalue weighted by Crippen LogP contribution is 2.26. The molecular formula is C18H20ClN5O2S. The average molecular weight is 406 g/mol. The van der Waals surface area contributed by atoms with E-state index in [1.54, 1.807) is 78.5 Å². The quantitative estimate of drug-likeness (QED) is 0.565. The van der Waals surface area contributed by atoms with Crippen molar-refractivity contribution >= 4 is 27.3 Å². The van der Waals surface area contributed by atoms with Gasteiger partial charge in [0.15, 0.2) is 5.15 Å². The van der Waals surface area contributed by atoms with Crippen molar-refractivity contribution in [3.63, 3.8) is 0 Å². The Kier molecular flexibility index (Phi) is 5.79. The van der Waals surface area contributed by atoms with Gasteiger partial charge < -0.3 is 4.90 Å². The standard InChI is InChI=1S/C18H20ClN5O2S/c1-3-23(27(25,26)16-9-5-4-6-10-16)14-22(2)17-13-24(21-18(17)19)15-8-7-11-20-12-15/h4-13H,3,14H2,1-2H3. The molecule has 1 aromatic carbocycles. The molecule has 0 spiro atoms. The molecule has 0 saturated carbocycles. The predicted molar refractivity (Wildman–Crippen MR) is 106 cm³/mol. The molecule has 9 heteroatoms. The zero-order valence-corrected chi connectivity index (χ0v) is 16.6. The van der Waals surface area contributed by atoms with Crippen LogP contribution in [0.1, 0.15) is 6.92 Å². The molecular weight excluding hydrogens is 386 g/mol. The van der Waals surface area contributed by atoms with E-state index in [1.807, 2.05) is 6.07 Å². The van der Waals surface area contributed by atoms with E-state index in [9.17, 15) is 8.42 Å². The fourth-order valence-electron chi connectivity index (χ4n) is 2.62. The van der Waals surface area contributed by atoms with E-state index in [0.717, 1.165) is 5.69 Å². The van der Waals surface area contributed by atoms with Crippen molar-refractivity contribution in [3.8, 4) is 5.69 Å². The highest BCUT2D eigenvalue weighted by Gasteiger charge is 2.25. The largest absolute Gasteiger partial charge is 0.357 e. The minimum absolute atomic E-state index is 0.145. The van der Waals surface area contributed by atoms with Crippen LogP contribution in [0.5, 0.6) is 0 Å². The van der Waals surface area contributed by atoms with Crippen LogP contribution in [0.15, 0.2) is 66.0 Å². The van der Waals surface area contributed by atoms with E-state index in [2.05, 4.69) is 10.1 Å². The Labute approximate surface area is 163 Å². The summed E-state index contributed by atoms with van der Waals surface area (Å²) >= 11 is 6.29. The highest BCUT2D eigenvalue weighted by molar-refractivity contribution is 7.89. The van der Waals surface area contributed by atoms with Crippen LogP contribution >= 0.6 is 11.6 Å². The first-order chi connectivity index (χ1) is 12.9. The maximum atomic E-state index is 12.9. The number of benzene rings is 1. The normalized spacial score (nSPS) is 11.7. The molecule has 0 aliphatic carbocycles. The molecule has 0 radical (unpaired) electrons. The summed E-state index contributed by atoms with van der Waals surface area (Å²) < 4.78 is 28.8. The van der Waals surface area contributed by atoms with E-state index in [0.29, 0.717) is 12.2 Å². The van der Waals surface area contributed by atoms with Gasteiger partial charge in [0.05, 0.1) is 35.3 Å². The lowest BCUT2D eigenvalue weighted by atomic mass is 10.4. The zero-order chi connectivity index (χ0) is 19.4. The van der Waals surface area contributed by atoms with Crippen LogP contribution in [0.4, 0.5) is 5.69 Å². The molecule has 0 saturated heterocycles. The molecule has 3 rings (SSSR count). The monoisotopic (exact) mass is 405 g/mol. The summed E-state index contributed by atoms with van der Waals surface area (Å²) in [5, 5.41) is 4.57. The third kappa shape index (κ3) is 4.13. The molecule has 3 aromatic rings. The van der Waals surface area contributed by atoms with Gasteiger partial charge in [-0.3, -0.25) is 4.98 Å². The Balaban J connectivity index is 1.84. The molecule has 0 amide bonds. The van der Waals surface area contributed by atoms with Gasteiger partial charge in [-0.1, -0.05) is 36.7 Å². The second-order valence-electron chi connectivity index (χ2n) is 5.89. The summed E-state index contributed by atoms with van der Waals surface area (Å²) in [4.78, 5) is 6.08. The minimum Gasteiger partial charge on any atom is -0.357 e. The van der Waals surface area contributed by atoms with Crippen LogP contribution in [-0.4, -0.2) is 47.7 Å². The van der Waals surface area contributed by atoms with Crippen molar-refractivity contribution in [2.24, 2.45) is 0 Å². The summed E-state index contributed by atoms with van der Waals surface area (Å²) in [5.41, 5.74) is 1.39. The van der Waals surface area contributed by atoms with Gasteiger partial charge in [-0.05, 0) is 24.3 Å². The molecule has 0 aliphatic rings. The Hall–Kier alpha value is -2.42. The first kappa shape index (κ1) is 19.3. The Bertz CT molecular complexity index is 993. The summed E-state index contributed by atoms with van der Waals surface area (Å²) in [7, 11) is -1.82. The average Bonchev–Trinajstić information content (AvgIpc) is 3.09. The van der Waals surface area contributed by atoms with Crippen LogP contribution in [0.2, 0.25) is 5.15 Å². The van der Waals surface area contributed by atoms with Crippen LogP contribution in [0.3, 0.4) is 0 Å². The second-order valence-corrected chi connectivity index (χ2v) is 8.18. The first-order valence-electron chi connectivity index (χ1n) is 8.35. The van der Waals surface area contributed by atoms with Gasteiger partial charge in [0, 0.05) is 19.8 Å². The van der Waals surface area contributed by atoms with Gasteiger partial charge in [-0.25, -0.2) is 13.1 Å². The molecule has 27 heavy (non-hydrogen) atoms. The SMILES string of the molecule is CCN(CN(C)c1cn(-c2cccnc2)nc1Cl)S(=O)(=O)c1ccccc1. The van der Waals surface area contributed by atoms with Gasteiger partial charge in [-0.2, -0.15) is 9.40 Å². The van der Waals surface area contributed by atoms with Crippen molar-refractivity contribution in [3.05, 3.63) is 66.2 Å². The molecule has 7 nitrogen and oxygen atoms in total. The van der Waals surface area contributed by atoms with E-state index in [1.165, 1.54) is 4.31 Å². The van der Waals surface area contributed by atoms with Crippen molar-refractivity contribution in [1.29, 1.82) is 0 Å². The lowest BCUT2D eigenvalue weighted by Gasteiger charge is -2.27. The molecule has 142 valence electrons. The van der Waals surface area contributed by atoms with Gasteiger partial charge in [0.25, 0.3) is 0 Å². The number of halogens is 1. The predicted octanol–water partition coefficient (Wildman–Crippen LogP) is 3.03.